The Morgan fingerprint density at radius 2 is 2.10 bits per heavy atom. The molecule has 6 nitrogen and oxygen atoms in total. The second kappa shape index (κ2) is 5.40. The lowest BCUT2D eigenvalue weighted by Crippen LogP contribution is -2.09. The molecule has 1 N–H and O–H groups in total. The quantitative estimate of drug-likeness (QED) is 0.802. The second-order valence-electron chi connectivity index (χ2n) is 5.36. The first-order valence-electron chi connectivity index (χ1n) is 6.88. The standard InChI is InChI=1S/C14H18N6S/c1-8(2)13-19-18-10(20(13)4)5-15-12-11-9(3)6-21-14(11)17-7-16-12/h6-8H,5H2,1-4H3,(H,15,16,17). The van der Waals surface area contributed by atoms with Crippen molar-refractivity contribution in [1.29, 1.82) is 0 Å². The number of rotatable bonds is 4. The van der Waals surface area contributed by atoms with Gasteiger partial charge < -0.3 is 9.88 Å². The molecule has 0 amide bonds. The van der Waals surface area contributed by atoms with Gasteiger partial charge in [0.1, 0.15) is 22.8 Å². The van der Waals surface area contributed by atoms with Crippen LogP contribution < -0.4 is 5.32 Å². The summed E-state index contributed by atoms with van der Waals surface area (Å²) in [6.45, 7) is 6.90. The summed E-state index contributed by atoms with van der Waals surface area (Å²) in [6, 6.07) is 0. The van der Waals surface area contributed by atoms with Crippen molar-refractivity contribution < 1.29 is 0 Å². The van der Waals surface area contributed by atoms with Gasteiger partial charge in [0.25, 0.3) is 0 Å². The fourth-order valence-electron chi connectivity index (χ4n) is 2.35. The number of hydrogen-bond acceptors (Lipinski definition) is 6. The second-order valence-corrected chi connectivity index (χ2v) is 6.22. The summed E-state index contributed by atoms with van der Waals surface area (Å²) in [4.78, 5) is 9.66. The van der Waals surface area contributed by atoms with Gasteiger partial charge in [0, 0.05) is 13.0 Å². The fourth-order valence-corrected chi connectivity index (χ4v) is 3.24. The van der Waals surface area contributed by atoms with Gasteiger partial charge in [-0.05, 0) is 17.9 Å². The van der Waals surface area contributed by atoms with Crippen molar-refractivity contribution in [3.8, 4) is 0 Å². The van der Waals surface area contributed by atoms with Crippen LogP contribution in [0, 0.1) is 6.92 Å². The van der Waals surface area contributed by atoms with E-state index in [1.807, 2.05) is 11.6 Å². The molecule has 0 saturated carbocycles. The molecule has 0 aliphatic heterocycles. The van der Waals surface area contributed by atoms with Crippen molar-refractivity contribution >= 4 is 27.4 Å². The van der Waals surface area contributed by atoms with Gasteiger partial charge in [-0.15, -0.1) is 21.5 Å². The average molecular weight is 302 g/mol. The average Bonchev–Trinajstić information content (AvgIpc) is 3.01. The molecule has 0 bridgehead atoms. The van der Waals surface area contributed by atoms with Crippen LogP contribution in [-0.4, -0.2) is 24.7 Å². The summed E-state index contributed by atoms with van der Waals surface area (Å²) in [7, 11) is 2.00. The van der Waals surface area contributed by atoms with Crippen molar-refractivity contribution in [3.05, 3.63) is 28.9 Å². The third-order valence-corrected chi connectivity index (χ3v) is 4.49. The monoisotopic (exact) mass is 302 g/mol. The molecule has 21 heavy (non-hydrogen) atoms. The Kier molecular flexibility index (Phi) is 3.59. The molecule has 3 heterocycles. The Morgan fingerprint density at radius 3 is 2.81 bits per heavy atom. The minimum Gasteiger partial charge on any atom is -0.362 e. The van der Waals surface area contributed by atoms with E-state index in [0.29, 0.717) is 12.5 Å². The van der Waals surface area contributed by atoms with Crippen molar-refractivity contribution in [2.75, 3.05) is 5.32 Å². The maximum atomic E-state index is 4.35. The minimum absolute atomic E-state index is 0.362. The van der Waals surface area contributed by atoms with Crippen LogP contribution in [0.3, 0.4) is 0 Å². The number of thiophene rings is 1. The first-order chi connectivity index (χ1) is 10.1. The summed E-state index contributed by atoms with van der Waals surface area (Å²) >= 11 is 1.64. The summed E-state index contributed by atoms with van der Waals surface area (Å²) in [5.41, 5.74) is 1.19. The van der Waals surface area contributed by atoms with E-state index in [0.717, 1.165) is 27.7 Å². The van der Waals surface area contributed by atoms with E-state index in [9.17, 15) is 0 Å². The van der Waals surface area contributed by atoms with Crippen LogP contribution in [0.1, 0.15) is 37.0 Å². The molecule has 0 radical (unpaired) electrons. The van der Waals surface area contributed by atoms with Gasteiger partial charge in [0.15, 0.2) is 5.82 Å². The van der Waals surface area contributed by atoms with Crippen LogP contribution in [-0.2, 0) is 13.6 Å². The zero-order valence-electron chi connectivity index (χ0n) is 12.6. The van der Waals surface area contributed by atoms with E-state index in [1.165, 1.54) is 5.56 Å². The lowest BCUT2D eigenvalue weighted by Gasteiger charge is -2.08. The first kappa shape index (κ1) is 13.9. The van der Waals surface area contributed by atoms with Gasteiger partial charge in [-0.2, -0.15) is 0 Å². The Balaban J connectivity index is 1.85. The van der Waals surface area contributed by atoms with Gasteiger partial charge in [0.05, 0.1) is 11.9 Å². The van der Waals surface area contributed by atoms with Crippen LogP contribution in [0.4, 0.5) is 5.82 Å². The van der Waals surface area contributed by atoms with E-state index in [-0.39, 0.29) is 0 Å². The minimum atomic E-state index is 0.362. The molecule has 0 spiro atoms. The highest BCUT2D eigenvalue weighted by Gasteiger charge is 2.13. The molecule has 110 valence electrons. The van der Waals surface area contributed by atoms with Crippen LogP contribution in [0.2, 0.25) is 0 Å². The zero-order chi connectivity index (χ0) is 15.0. The number of aryl methyl sites for hydroxylation is 1. The number of fused-ring (bicyclic) bond motifs is 1. The van der Waals surface area contributed by atoms with Gasteiger partial charge in [-0.25, -0.2) is 9.97 Å². The number of nitrogens with zero attached hydrogens (tertiary/aromatic N) is 5. The van der Waals surface area contributed by atoms with Gasteiger partial charge in [-0.1, -0.05) is 13.8 Å². The van der Waals surface area contributed by atoms with Gasteiger partial charge in [-0.3, -0.25) is 0 Å². The molecule has 0 saturated heterocycles. The molecular weight excluding hydrogens is 284 g/mol. The zero-order valence-corrected chi connectivity index (χ0v) is 13.4. The molecule has 0 unspecified atom stereocenters. The van der Waals surface area contributed by atoms with Crippen molar-refractivity contribution in [3.63, 3.8) is 0 Å². The van der Waals surface area contributed by atoms with Crippen molar-refractivity contribution in [2.24, 2.45) is 7.05 Å². The van der Waals surface area contributed by atoms with E-state index in [2.05, 4.69) is 51.6 Å². The molecule has 7 heteroatoms. The highest BCUT2D eigenvalue weighted by Crippen LogP contribution is 2.28. The van der Waals surface area contributed by atoms with Crippen LogP contribution in [0.15, 0.2) is 11.7 Å². The Bertz CT molecular complexity index is 773. The Labute approximate surface area is 127 Å². The predicted molar refractivity (Wildman–Crippen MR) is 84.6 cm³/mol. The number of anilines is 1. The highest BCUT2D eigenvalue weighted by atomic mass is 32.1. The van der Waals surface area contributed by atoms with Gasteiger partial charge in [0.2, 0.25) is 0 Å². The van der Waals surface area contributed by atoms with Crippen LogP contribution in [0.5, 0.6) is 0 Å². The van der Waals surface area contributed by atoms with E-state index in [4.69, 9.17) is 0 Å². The molecule has 0 aromatic carbocycles. The smallest absolute Gasteiger partial charge is 0.152 e. The number of nitrogens with one attached hydrogen (secondary N) is 1. The third-order valence-electron chi connectivity index (χ3n) is 3.48. The van der Waals surface area contributed by atoms with Crippen LogP contribution >= 0.6 is 11.3 Å². The topological polar surface area (TPSA) is 68.5 Å². The summed E-state index contributed by atoms with van der Waals surface area (Å²) in [6.07, 6.45) is 1.59. The number of hydrogen-bond donors (Lipinski definition) is 1. The van der Waals surface area contributed by atoms with E-state index in [1.54, 1.807) is 17.7 Å². The molecule has 0 aliphatic rings. The summed E-state index contributed by atoms with van der Waals surface area (Å²) < 4.78 is 2.04. The molecule has 3 aromatic heterocycles. The predicted octanol–water partition coefficient (Wildman–Crippen LogP) is 2.86. The SMILES string of the molecule is Cc1csc2ncnc(NCc3nnc(C(C)C)n3C)c12. The highest BCUT2D eigenvalue weighted by molar-refractivity contribution is 7.17. The van der Waals surface area contributed by atoms with Gasteiger partial charge >= 0.3 is 0 Å². The first-order valence-corrected chi connectivity index (χ1v) is 7.76. The molecule has 3 aromatic rings. The van der Waals surface area contributed by atoms with E-state index >= 15 is 0 Å². The Hall–Kier alpha value is -2.02. The maximum Gasteiger partial charge on any atom is 0.152 e. The molecule has 0 fully saturated rings. The lowest BCUT2D eigenvalue weighted by molar-refractivity contribution is 0.692. The fraction of sp³-hybridized carbons (Fsp3) is 0.429. The van der Waals surface area contributed by atoms with Crippen molar-refractivity contribution in [2.45, 2.75) is 33.2 Å². The molecule has 0 aliphatic carbocycles. The van der Waals surface area contributed by atoms with Crippen LogP contribution in [0.25, 0.3) is 10.2 Å². The third kappa shape index (κ3) is 2.49. The van der Waals surface area contributed by atoms with E-state index < -0.39 is 0 Å². The molecule has 0 atom stereocenters. The maximum absolute atomic E-state index is 4.35. The van der Waals surface area contributed by atoms with Crippen molar-refractivity contribution in [1.82, 2.24) is 24.7 Å². The summed E-state index contributed by atoms with van der Waals surface area (Å²) in [5, 5.41) is 15.0. The molecule has 3 rings (SSSR count). The molecular formula is C14H18N6S. The summed E-state index contributed by atoms with van der Waals surface area (Å²) in [5.74, 6) is 3.11. The normalized spacial score (nSPS) is 11.5. The number of aromatic nitrogens is 5. The largest absolute Gasteiger partial charge is 0.362 e. The Morgan fingerprint density at radius 1 is 1.29 bits per heavy atom. The lowest BCUT2D eigenvalue weighted by atomic mass is 10.2.